The number of carboxylic acid groups (broad SMARTS) is 1. The van der Waals surface area contributed by atoms with Crippen LogP contribution in [0.3, 0.4) is 0 Å². The van der Waals surface area contributed by atoms with E-state index in [0.29, 0.717) is 0 Å². The van der Waals surface area contributed by atoms with Gasteiger partial charge in [0.15, 0.2) is 0 Å². The number of amides is 4. The third kappa shape index (κ3) is 9.13. The van der Waals surface area contributed by atoms with Crippen LogP contribution in [0.25, 0.3) is 0 Å². The number of aliphatic hydroxyl groups is 3. The van der Waals surface area contributed by atoms with Crippen molar-refractivity contribution < 1.29 is 44.4 Å². The molecule has 0 aromatic carbocycles. The highest BCUT2D eigenvalue weighted by Crippen LogP contribution is 2.01. The van der Waals surface area contributed by atoms with Crippen LogP contribution in [0.1, 0.15) is 26.7 Å². The Hall–Kier alpha value is -2.81. The Kier molecular flexibility index (Phi) is 11.5. The summed E-state index contributed by atoms with van der Waals surface area (Å²) in [5.74, 6) is -5.36. The van der Waals surface area contributed by atoms with Gasteiger partial charge >= 0.3 is 5.97 Å². The van der Waals surface area contributed by atoms with Crippen LogP contribution in [0.4, 0.5) is 0 Å². The Labute approximate surface area is 172 Å². The summed E-state index contributed by atoms with van der Waals surface area (Å²) in [7, 11) is 0. The van der Waals surface area contributed by atoms with Crippen molar-refractivity contribution >= 4 is 29.6 Å². The average Bonchev–Trinajstić information content (AvgIpc) is 2.65. The number of carbonyl (C=O) groups is 5. The Morgan fingerprint density at radius 3 is 1.80 bits per heavy atom. The number of nitrogens with one attached hydrogen (secondary N) is 3. The Balaban J connectivity index is 5.17. The second-order valence-electron chi connectivity index (χ2n) is 6.64. The number of aliphatic carboxylic acids is 1. The van der Waals surface area contributed by atoms with Gasteiger partial charge in [-0.2, -0.15) is 0 Å². The maximum Gasteiger partial charge on any atom is 0.326 e. The molecule has 0 rings (SSSR count). The lowest BCUT2D eigenvalue weighted by atomic mass is 10.1. The SMILES string of the molecule is CC(O)C(N)C(=O)NC(C(=O)NC(CO)C(=O)NC(CCC(N)=O)C(=O)O)C(C)O. The van der Waals surface area contributed by atoms with Crippen LogP contribution >= 0.6 is 0 Å². The molecule has 14 nitrogen and oxygen atoms in total. The van der Waals surface area contributed by atoms with Crippen molar-refractivity contribution in [2.45, 2.75) is 63.1 Å². The molecule has 0 spiro atoms. The zero-order chi connectivity index (χ0) is 23.6. The number of carbonyl (C=O) groups excluding carboxylic acids is 4. The lowest BCUT2D eigenvalue weighted by molar-refractivity contribution is -0.143. The van der Waals surface area contributed by atoms with E-state index < -0.39 is 72.6 Å². The van der Waals surface area contributed by atoms with Crippen LogP contribution in [-0.4, -0.2) is 93.0 Å². The molecule has 0 aliphatic rings. The first-order valence-electron chi connectivity index (χ1n) is 8.96. The lowest BCUT2D eigenvalue weighted by Gasteiger charge is -2.26. The van der Waals surface area contributed by atoms with Crippen molar-refractivity contribution in [2.75, 3.05) is 6.61 Å². The molecule has 0 aromatic rings. The largest absolute Gasteiger partial charge is 0.480 e. The van der Waals surface area contributed by atoms with E-state index in [2.05, 4.69) is 10.6 Å². The van der Waals surface area contributed by atoms with Gasteiger partial charge in [0.1, 0.15) is 24.2 Å². The van der Waals surface area contributed by atoms with Crippen molar-refractivity contribution in [1.29, 1.82) is 0 Å². The Morgan fingerprint density at radius 1 is 0.867 bits per heavy atom. The van der Waals surface area contributed by atoms with E-state index in [-0.39, 0.29) is 12.8 Å². The molecule has 0 radical (unpaired) electrons. The van der Waals surface area contributed by atoms with E-state index in [1.807, 2.05) is 5.32 Å². The van der Waals surface area contributed by atoms with Gasteiger partial charge in [-0.1, -0.05) is 0 Å². The number of rotatable bonds is 13. The summed E-state index contributed by atoms with van der Waals surface area (Å²) >= 11 is 0. The molecule has 0 bridgehead atoms. The predicted molar refractivity (Wildman–Crippen MR) is 100 cm³/mol. The van der Waals surface area contributed by atoms with Crippen LogP contribution in [0.5, 0.6) is 0 Å². The monoisotopic (exact) mass is 435 g/mol. The third-order valence-electron chi connectivity index (χ3n) is 3.99. The molecule has 6 unspecified atom stereocenters. The minimum absolute atomic E-state index is 0.313. The van der Waals surface area contributed by atoms with Crippen LogP contribution in [0, 0.1) is 0 Å². The molecule has 0 aliphatic carbocycles. The molecule has 0 aromatic heterocycles. The summed E-state index contributed by atoms with van der Waals surface area (Å²) in [6.45, 7) is 1.47. The molecule has 4 amide bonds. The number of hydrogen-bond donors (Lipinski definition) is 9. The third-order valence-corrected chi connectivity index (χ3v) is 3.99. The van der Waals surface area contributed by atoms with Crippen molar-refractivity contribution in [2.24, 2.45) is 11.5 Å². The highest BCUT2D eigenvalue weighted by atomic mass is 16.4. The molecular formula is C16H29N5O9. The van der Waals surface area contributed by atoms with Crippen molar-refractivity contribution in [1.82, 2.24) is 16.0 Å². The van der Waals surface area contributed by atoms with Gasteiger partial charge in [0.05, 0.1) is 18.8 Å². The first-order chi connectivity index (χ1) is 13.8. The molecule has 0 saturated heterocycles. The second-order valence-corrected chi connectivity index (χ2v) is 6.64. The minimum atomic E-state index is -1.63. The summed E-state index contributed by atoms with van der Waals surface area (Å²) in [5.41, 5.74) is 10.4. The molecule has 0 saturated carbocycles. The minimum Gasteiger partial charge on any atom is -0.480 e. The molecule has 6 atom stereocenters. The molecule has 14 heteroatoms. The van der Waals surface area contributed by atoms with Crippen molar-refractivity contribution in [3.8, 4) is 0 Å². The standard InChI is InChI=1S/C16H29N5O9/c1-6(23)11(18)14(27)21-12(7(2)24)15(28)20-9(5-22)13(26)19-8(16(29)30)3-4-10(17)25/h6-9,11-12,22-24H,3-5,18H2,1-2H3,(H2,17,25)(H,19,26)(H,20,28)(H,21,27)(H,29,30). The maximum atomic E-state index is 12.4. The van der Waals surface area contributed by atoms with Crippen LogP contribution in [-0.2, 0) is 24.0 Å². The topological polar surface area (TPSA) is 254 Å². The average molecular weight is 435 g/mol. The normalized spacial score (nSPS) is 16.9. The van der Waals surface area contributed by atoms with Gasteiger partial charge in [0, 0.05) is 6.42 Å². The smallest absolute Gasteiger partial charge is 0.326 e. The fourth-order valence-electron chi connectivity index (χ4n) is 2.15. The Morgan fingerprint density at radius 2 is 1.40 bits per heavy atom. The molecule has 0 heterocycles. The zero-order valence-electron chi connectivity index (χ0n) is 16.6. The Bertz CT molecular complexity index is 641. The number of nitrogens with two attached hydrogens (primary N) is 2. The van der Waals surface area contributed by atoms with Crippen molar-refractivity contribution in [3.63, 3.8) is 0 Å². The number of hydrogen-bond acceptors (Lipinski definition) is 9. The van der Waals surface area contributed by atoms with Gasteiger partial charge in [0.25, 0.3) is 0 Å². The van der Waals surface area contributed by atoms with Crippen LogP contribution in [0.2, 0.25) is 0 Å². The van der Waals surface area contributed by atoms with Crippen LogP contribution < -0.4 is 27.4 Å². The maximum absolute atomic E-state index is 12.4. The molecule has 172 valence electrons. The van der Waals surface area contributed by atoms with E-state index in [1.165, 1.54) is 6.92 Å². The van der Waals surface area contributed by atoms with Gasteiger partial charge in [-0.25, -0.2) is 4.79 Å². The highest BCUT2D eigenvalue weighted by Gasteiger charge is 2.32. The van der Waals surface area contributed by atoms with Crippen molar-refractivity contribution in [3.05, 3.63) is 0 Å². The fraction of sp³-hybridized carbons (Fsp3) is 0.688. The number of aliphatic hydroxyl groups excluding tert-OH is 3. The van der Waals surface area contributed by atoms with E-state index in [0.717, 1.165) is 6.92 Å². The highest BCUT2D eigenvalue weighted by molar-refractivity contribution is 5.94. The predicted octanol–water partition coefficient (Wildman–Crippen LogP) is -5.13. The number of carboxylic acids is 1. The van der Waals surface area contributed by atoms with Gasteiger partial charge < -0.3 is 47.8 Å². The molecule has 11 N–H and O–H groups in total. The number of primary amides is 1. The zero-order valence-corrected chi connectivity index (χ0v) is 16.6. The van der Waals surface area contributed by atoms with E-state index in [1.54, 1.807) is 0 Å². The van der Waals surface area contributed by atoms with Gasteiger partial charge in [0.2, 0.25) is 23.6 Å². The van der Waals surface area contributed by atoms with Crippen LogP contribution in [0.15, 0.2) is 0 Å². The lowest BCUT2D eigenvalue weighted by Crippen LogP contribution is -2.61. The summed E-state index contributed by atoms with van der Waals surface area (Å²) in [5, 5.41) is 43.8. The second kappa shape index (κ2) is 12.7. The van der Waals surface area contributed by atoms with E-state index in [4.69, 9.17) is 16.6 Å². The molecule has 0 aliphatic heterocycles. The molecule has 0 fully saturated rings. The molecule has 30 heavy (non-hydrogen) atoms. The fourth-order valence-corrected chi connectivity index (χ4v) is 2.15. The first kappa shape index (κ1) is 27.2. The first-order valence-corrected chi connectivity index (χ1v) is 8.96. The summed E-state index contributed by atoms with van der Waals surface area (Å²) in [6, 6.07) is -6.12. The summed E-state index contributed by atoms with van der Waals surface area (Å²) in [4.78, 5) is 58.5. The van der Waals surface area contributed by atoms with Gasteiger partial charge in [-0.15, -0.1) is 0 Å². The van der Waals surface area contributed by atoms with Gasteiger partial charge in [-0.3, -0.25) is 19.2 Å². The van der Waals surface area contributed by atoms with Gasteiger partial charge in [-0.05, 0) is 20.3 Å². The van der Waals surface area contributed by atoms with E-state index in [9.17, 15) is 39.3 Å². The summed E-state index contributed by atoms with van der Waals surface area (Å²) in [6.07, 6.45) is -3.33. The van der Waals surface area contributed by atoms with E-state index >= 15 is 0 Å². The summed E-state index contributed by atoms with van der Waals surface area (Å²) < 4.78 is 0. The quantitative estimate of drug-likeness (QED) is 0.133. The molecular weight excluding hydrogens is 406 g/mol.